The number of hydrogen-bond donors (Lipinski definition) is 2. The SMILES string of the molecule is Cc1ncc(C(=O)N[C@H]2C[C@H]3C(=O)NC[C@@H](Cc4nnc(-c5ccccc5F)o4)N3C2)s1. The summed E-state index contributed by atoms with van der Waals surface area (Å²) in [6.45, 7) is 2.82. The molecule has 2 saturated heterocycles. The van der Waals surface area contributed by atoms with E-state index in [2.05, 4.69) is 30.7 Å². The second-order valence-corrected chi connectivity index (χ2v) is 9.18. The van der Waals surface area contributed by atoms with Gasteiger partial charge in [0.15, 0.2) is 0 Å². The molecule has 2 N–H and O–H groups in total. The normalized spacial score (nSPS) is 23.1. The Morgan fingerprint density at radius 1 is 1.38 bits per heavy atom. The minimum absolute atomic E-state index is 0.0517. The highest BCUT2D eigenvalue weighted by atomic mass is 32.1. The van der Waals surface area contributed by atoms with Crippen molar-refractivity contribution in [3.05, 3.63) is 52.1 Å². The summed E-state index contributed by atoms with van der Waals surface area (Å²) in [4.78, 5) is 31.7. The first-order chi connectivity index (χ1) is 15.5. The molecule has 0 bridgehead atoms. The summed E-state index contributed by atoms with van der Waals surface area (Å²) in [7, 11) is 0. The zero-order valence-corrected chi connectivity index (χ0v) is 18.1. The molecule has 4 heterocycles. The quantitative estimate of drug-likeness (QED) is 0.599. The van der Waals surface area contributed by atoms with Gasteiger partial charge in [0, 0.05) is 31.6 Å². The smallest absolute Gasteiger partial charge is 0.263 e. The lowest BCUT2D eigenvalue weighted by Gasteiger charge is -2.36. The number of fused-ring (bicyclic) bond motifs is 1. The van der Waals surface area contributed by atoms with Crippen LogP contribution in [0, 0.1) is 12.7 Å². The van der Waals surface area contributed by atoms with E-state index < -0.39 is 5.82 Å². The molecule has 11 heteroatoms. The van der Waals surface area contributed by atoms with Gasteiger partial charge < -0.3 is 15.1 Å². The molecule has 2 aliphatic rings. The van der Waals surface area contributed by atoms with Gasteiger partial charge in [-0.1, -0.05) is 12.1 Å². The van der Waals surface area contributed by atoms with E-state index in [1.165, 1.54) is 17.4 Å². The van der Waals surface area contributed by atoms with Crippen molar-refractivity contribution in [2.75, 3.05) is 13.1 Å². The number of halogens is 1. The highest BCUT2D eigenvalue weighted by molar-refractivity contribution is 7.13. The summed E-state index contributed by atoms with van der Waals surface area (Å²) in [6, 6.07) is 5.66. The van der Waals surface area contributed by atoms with Crippen molar-refractivity contribution in [1.29, 1.82) is 0 Å². The van der Waals surface area contributed by atoms with Crippen LogP contribution >= 0.6 is 11.3 Å². The zero-order chi connectivity index (χ0) is 22.2. The van der Waals surface area contributed by atoms with E-state index in [9.17, 15) is 14.0 Å². The maximum Gasteiger partial charge on any atom is 0.263 e. The van der Waals surface area contributed by atoms with Crippen molar-refractivity contribution in [3.8, 4) is 11.5 Å². The van der Waals surface area contributed by atoms with E-state index >= 15 is 0 Å². The molecule has 3 aromatic rings. The van der Waals surface area contributed by atoms with E-state index in [0.29, 0.717) is 36.7 Å². The number of amides is 2. The Hall–Kier alpha value is -3.18. The summed E-state index contributed by atoms with van der Waals surface area (Å²) in [5.74, 6) is -0.160. The van der Waals surface area contributed by atoms with Gasteiger partial charge in [0.1, 0.15) is 10.7 Å². The number of benzene rings is 1. The predicted octanol–water partition coefficient (Wildman–Crippen LogP) is 1.55. The number of aromatic nitrogens is 3. The van der Waals surface area contributed by atoms with Crippen LogP contribution in [-0.4, -0.2) is 63.1 Å². The largest absolute Gasteiger partial charge is 0.421 e. The maximum atomic E-state index is 14.0. The van der Waals surface area contributed by atoms with Crippen LogP contribution in [0.2, 0.25) is 0 Å². The van der Waals surface area contributed by atoms with Crippen LogP contribution in [0.4, 0.5) is 4.39 Å². The molecule has 0 radical (unpaired) electrons. The summed E-state index contributed by atoms with van der Waals surface area (Å²) in [5, 5.41) is 14.8. The summed E-state index contributed by atoms with van der Waals surface area (Å²) in [6.07, 6.45) is 2.50. The van der Waals surface area contributed by atoms with Gasteiger partial charge in [0.2, 0.25) is 11.8 Å². The van der Waals surface area contributed by atoms with E-state index in [4.69, 9.17) is 4.42 Å². The van der Waals surface area contributed by atoms with Crippen LogP contribution in [0.5, 0.6) is 0 Å². The van der Waals surface area contributed by atoms with Crippen LogP contribution in [0.15, 0.2) is 34.9 Å². The van der Waals surface area contributed by atoms with Gasteiger partial charge in [-0.25, -0.2) is 9.37 Å². The number of thiazole rings is 1. The Morgan fingerprint density at radius 2 is 2.22 bits per heavy atom. The number of nitrogens with zero attached hydrogens (tertiary/aromatic N) is 4. The molecule has 2 amide bonds. The molecule has 3 atom stereocenters. The molecule has 166 valence electrons. The van der Waals surface area contributed by atoms with Gasteiger partial charge in [0.05, 0.1) is 22.8 Å². The monoisotopic (exact) mass is 456 g/mol. The molecule has 0 spiro atoms. The molecule has 0 saturated carbocycles. The molecule has 1 aromatic carbocycles. The highest BCUT2D eigenvalue weighted by Gasteiger charge is 2.44. The lowest BCUT2D eigenvalue weighted by Crippen LogP contribution is -2.58. The van der Waals surface area contributed by atoms with Crippen LogP contribution in [0.1, 0.15) is 27.0 Å². The number of rotatable bonds is 5. The molecule has 2 aliphatic heterocycles. The maximum absolute atomic E-state index is 14.0. The van der Waals surface area contributed by atoms with Crippen molar-refractivity contribution in [1.82, 2.24) is 30.7 Å². The number of carbonyl (C=O) groups excluding carboxylic acids is 2. The summed E-state index contributed by atoms with van der Waals surface area (Å²) >= 11 is 1.34. The summed E-state index contributed by atoms with van der Waals surface area (Å²) < 4.78 is 19.7. The van der Waals surface area contributed by atoms with Crippen molar-refractivity contribution < 1.29 is 18.4 Å². The Morgan fingerprint density at radius 3 is 3.00 bits per heavy atom. The van der Waals surface area contributed by atoms with Gasteiger partial charge >= 0.3 is 0 Å². The highest BCUT2D eigenvalue weighted by Crippen LogP contribution is 2.27. The van der Waals surface area contributed by atoms with E-state index in [1.54, 1.807) is 24.4 Å². The van der Waals surface area contributed by atoms with Gasteiger partial charge in [-0.2, -0.15) is 0 Å². The molecule has 0 aliphatic carbocycles. The lowest BCUT2D eigenvalue weighted by atomic mass is 10.1. The Labute approximate surface area is 187 Å². The average Bonchev–Trinajstić information content (AvgIpc) is 3.51. The first-order valence-corrected chi connectivity index (χ1v) is 11.1. The first-order valence-electron chi connectivity index (χ1n) is 10.3. The van der Waals surface area contributed by atoms with Gasteiger partial charge in [-0.05, 0) is 25.5 Å². The van der Waals surface area contributed by atoms with E-state index in [-0.39, 0.29) is 41.4 Å². The van der Waals surface area contributed by atoms with E-state index in [1.807, 2.05) is 6.92 Å². The van der Waals surface area contributed by atoms with Crippen molar-refractivity contribution in [2.45, 2.75) is 37.9 Å². The number of carbonyl (C=O) groups is 2. The Balaban J connectivity index is 1.27. The third-order valence-electron chi connectivity index (χ3n) is 5.78. The molecule has 5 rings (SSSR count). The second-order valence-electron chi connectivity index (χ2n) is 7.95. The van der Waals surface area contributed by atoms with E-state index in [0.717, 1.165) is 5.01 Å². The molecule has 32 heavy (non-hydrogen) atoms. The fraction of sp³-hybridized carbons (Fsp3) is 0.381. The number of hydrogen-bond acceptors (Lipinski definition) is 8. The molecule has 2 aromatic heterocycles. The predicted molar refractivity (Wildman–Crippen MR) is 113 cm³/mol. The fourth-order valence-corrected chi connectivity index (χ4v) is 4.95. The van der Waals surface area contributed by atoms with Crippen molar-refractivity contribution >= 4 is 23.2 Å². The zero-order valence-electron chi connectivity index (χ0n) is 17.2. The molecular weight excluding hydrogens is 435 g/mol. The van der Waals surface area contributed by atoms with Gasteiger partial charge in [-0.3, -0.25) is 14.5 Å². The lowest BCUT2D eigenvalue weighted by molar-refractivity contribution is -0.129. The number of aryl methyl sites for hydroxylation is 1. The third-order valence-corrected chi connectivity index (χ3v) is 6.70. The molecule has 0 unspecified atom stereocenters. The topological polar surface area (TPSA) is 113 Å². The second kappa shape index (κ2) is 8.40. The third kappa shape index (κ3) is 4.00. The van der Waals surface area contributed by atoms with Crippen LogP contribution in [0.3, 0.4) is 0 Å². The first kappa shape index (κ1) is 20.7. The summed E-state index contributed by atoms with van der Waals surface area (Å²) in [5.41, 5.74) is 0.253. The Bertz CT molecular complexity index is 1160. The van der Waals surface area contributed by atoms with Crippen LogP contribution in [0.25, 0.3) is 11.5 Å². The van der Waals surface area contributed by atoms with Crippen LogP contribution in [-0.2, 0) is 11.2 Å². The van der Waals surface area contributed by atoms with Crippen molar-refractivity contribution in [3.63, 3.8) is 0 Å². The van der Waals surface area contributed by atoms with Gasteiger partial charge in [-0.15, -0.1) is 21.5 Å². The average molecular weight is 457 g/mol. The minimum atomic E-state index is -0.429. The standard InChI is InChI=1S/C21H21FN6O3S/c1-11-23-9-17(32-11)20(30)25-12-6-16-19(29)24-8-13(28(16)10-12)7-18-26-27-21(31-18)14-4-2-3-5-15(14)22/h2-5,9,12-13,16H,6-8,10H2,1H3,(H,24,29)(H,25,30)/t12-,13+,16-/m0/s1. The minimum Gasteiger partial charge on any atom is -0.421 e. The van der Waals surface area contributed by atoms with Crippen LogP contribution < -0.4 is 10.6 Å². The molecule has 9 nitrogen and oxygen atoms in total. The molecular formula is C21H21FN6O3S. The Kier molecular flexibility index (Phi) is 5.43. The van der Waals surface area contributed by atoms with Crippen molar-refractivity contribution in [2.24, 2.45) is 0 Å². The van der Waals surface area contributed by atoms with Gasteiger partial charge in [0.25, 0.3) is 11.8 Å². The fourth-order valence-electron chi connectivity index (χ4n) is 4.27. The molecule has 2 fully saturated rings. The number of nitrogens with one attached hydrogen (secondary N) is 2. The number of piperazine rings is 1.